The lowest BCUT2D eigenvalue weighted by Crippen LogP contribution is -1.98. The van der Waals surface area contributed by atoms with Gasteiger partial charge in [0.1, 0.15) is 12.1 Å². The highest BCUT2D eigenvalue weighted by Gasteiger charge is 2.06. The molecule has 0 fully saturated rings. The Hall–Kier alpha value is -2.47. The zero-order valence-corrected chi connectivity index (χ0v) is 12.3. The third-order valence-electron chi connectivity index (χ3n) is 2.99. The number of fused-ring (bicyclic) bond motifs is 1. The maximum absolute atomic E-state index is 10.8. The van der Waals surface area contributed by atoms with Crippen molar-refractivity contribution in [2.45, 2.75) is 0 Å². The fourth-order valence-electron chi connectivity index (χ4n) is 1.96. The summed E-state index contributed by atoms with van der Waals surface area (Å²) in [6, 6.07) is 12.3. The summed E-state index contributed by atoms with van der Waals surface area (Å²) in [4.78, 5) is 19.3. The van der Waals surface area contributed by atoms with Crippen LogP contribution in [-0.2, 0) is 0 Å². The van der Waals surface area contributed by atoms with Crippen LogP contribution >= 0.6 is 15.9 Å². The summed E-state index contributed by atoms with van der Waals surface area (Å²) in [5, 5.41) is 12.9. The fourth-order valence-corrected chi connectivity index (χ4v) is 2.32. The molecule has 104 valence electrons. The van der Waals surface area contributed by atoms with Crippen molar-refractivity contribution in [1.29, 1.82) is 0 Å². The Kier molecular flexibility index (Phi) is 3.53. The average Bonchev–Trinajstić information content (AvgIpc) is 2.48. The molecular weight excluding hydrogens is 334 g/mol. The van der Waals surface area contributed by atoms with Gasteiger partial charge in [-0.1, -0.05) is 15.9 Å². The van der Waals surface area contributed by atoms with Gasteiger partial charge >= 0.3 is 5.97 Å². The Labute approximate surface area is 128 Å². The van der Waals surface area contributed by atoms with E-state index < -0.39 is 5.97 Å². The molecule has 0 aliphatic heterocycles. The molecule has 0 radical (unpaired) electrons. The van der Waals surface area contributed by atoms with Crippen LogP contribution in [0, 0.1) is 0 Å². The number of carbonyl (C=O) groups is 1. The monoisotopic (exact) mass is 343 g/mol. The number of carboxylic acids is 1. The Morgan fingerprint density at radius 2 is 1.86 bits per heavy atom. The van der Waals surface area contributed by atoms with Crippen LogP contribution < -0.4 is 5.32 Å². The van der Waals surface area contributed by atoms with Crippen LogP contribution in [-0.4, -0.2) is 21.0 Å². The molecule has 2 aromatic carbocycles. The van der Waals surface area contributed by atoms with E-state index in [1.54, 1.807) is 24.3 Å². The normalized spacial score (nSPS) is 10.5. The number of hydrogen-bond donors (Lipinski definition) is 2. The maximum Gasteiger partial charge on any atom is 0.335 e. The van der Waals surface area contributed by atoms with E-state index >= 15 is 0 Å². The van der Waals surface area contributed by atoms with Gasteiger partial charge in [0.2, 0.25) is 0 Å². The fraction of sp³-hybridized carbons (Fsp3) is 0. The second kappa shape index (κ2) is 5.49. The van der Waals surface area contributed by atoms with Gasteiger partial charge in [-0.2, -0.15) is 0 Å². The minimum Gasteiger partial charge on any atom is -0.478 e. The lowest BCUT2D eigenvalue weighted by molar-refractivity contribution is 0.0697. The summed E-state index contributed by atoms with van der Waals surface area (Å²) in [5.41, 5.74) is 1.84. The number of rotatable bonds is 3. The van der Waals surface area contributed by atoms with Crippen molar-refractivity contribution in [1.82, 2.24) is 9.97 Å². The van der Waals surface area contributed by atoms with Gasteiger partial charge in [0, 0.05) is 15.5 Å². The number of aromatic nitrogens is 2. The number of carboxylic acid groups (broad SMARTS) is 1. The summed E-state index contributed by atoms with van der Waals surface area (Å²) in [6.45, 7) is 0. The zero-order valence-electron chi connectivity index (χ0n) is 10.7. The molecule has 6 heteroatoms. The van der Waals surface area contributed by atoms with Crippen LogP contribution in [0.25, 0.3) is 10.9 Å². The van der Waals surface area contributed by atoms with Gasteiger partial charge in [-0.3, -0.25) is 0 Å². The topological polar surface area (TPSA) is 75.1 Å². The molecular formula is C15H10BrN3O2. The summed E-state index contributed by atoms with van der Waals surface area (Å²) < 4.78 is 0.939. The Morgan fingerprint density at radius 3 is 2.57 bits per heavy atom. The third kappa shape index (κ3) is 2.85. The molecule has 0 aliphatic carbocycles. The van der Waals surface area contributed by atoms with Gasteiger partial charge in [0.15, 0.2) is 0 Å². The van der Waals surface area contributed by atoms with Gasteiger partial charge in [-0.25, -0.2) is 14.8 Å². The molecule has 0 amide bonds. The molecule has 2 N–H and O–H groups in total. The lowest BCUT2D eigenvalue weighted by Gasteiger charge is -2.08. The van der Waals surface area contributed by atoms with Crippen LogP contribution in [0.5, 0.6) is 0 Å². The van der Waals surface area contributed by atoms with Crippen molar-refractivity contribution in [2.24, 2.45) is 0 Å². The molecule has 0 bridgehead atoms. The predicted molar refractivity (Wildman–Crippen MR) is 83.9 cm³/mol. The molecule has 0 spiro atoms. The number of benzene rings is 2. The third-order valence-corrected chi connectivity index (χ3v) is 3.49. The smallest absolute Gasteiger partial charge is 0.335 e. The summed E-state index contributed by atoms with van der Waals surface area (Å²) in [7, 11) is 0. The Balaban J connectivity index is 1.97. The van der Waals surface area contributed by atoms with Crippen LogP contribution in [0.2, 0.25) is 0 Å². The van der Waals surface area contributed by atoms with E-state index in [0.717, 1.165) is 21.1 Å². The molecule has 0 unspecified atom stereocenters. The predicted octanol–water partition coefficient (Wildman–Crippen LogP) is 3.83. The SMILES string of the molecule is O=C(O)c1ccc(Nc2ncnc3ccc(Br)cc23)cc1. The number of halogens is 1. The summed E-state index contributed by atoms with van der Waals surface area (Å²) >= 11 is 3.43. The van der Waals surface area contributed by atoms with E-state index in [4.69, 9.17) is 5.11 Å². The first kappa shape index (κ1) is 13.5. The number of aromatic carboxylic acids is 1. The largest absolute Gasteiger partial charge is 0.478 e. The molecule has 0 aliphatic rings. The molecule has 0 saturated carbocycles. The highest BCUT2D eigenvalue weighted by Crippen LogP contribution is 2.25. The minimum atomic E-state index is -0.946. The number of anilines is 2. The van der Waals surface area contributed by atoms with Gasteiger partial charge in [-0.15, -0.1) is 0 Å². The van der Waals surface area contributed by atoms with Crippen molar-refractivity contribution in [3.63, 3.8) is 0 Å². The van der Waals surface area contributed by atoms with E-state index in [0.29, 0.717) is 5.82 Å². The number of nitrogens with zero attached hydrogens (tertiary/aromatic N) is 2. The quantitative estimate of drug-likeness (QED) is 0.755. The Bertz CT molecular complexity index is 819. The second-order valence-electron chi connectivity index (χ2n) is 4.39. The highest BCUT2D eigenvalue weighted by atomic mass is 79.9. The molecule has 3 aromatic rings. The standard InChI is InChI=1S/C15H10BrN3O2/c16-10-3-6-13-12(7-10)14(18-8-17-13)19-11-4-1-9(2-5-11)15(20)21/h1-8H,(H,20,21)(H,17,18,19). The molecule has 0 saturated heterocycles. The summed E-state index contributed by atoms with van der Waals surface area (Å²) in [5.74, 6) is -0.276. The molecule has 3 rings (SSSR count). The molecule has 5 nitrogen and oxygen atoms in total. The van der Waals surface area contributed by atoms with Crippen molar-refractivity contribution in [3.8, 4) is 0 Å². The van der Waals surface area contributed by atoms with Gasteiger partial charge in [-0.05, 0) is 42.5 Å². The first-order chi connectivity index (χ1) is 10.1. The van der Waals surface area contributed by atoms with Crippen LogP contribution in [0.3, 0.4) is 0 Å². The van der Waals surface area contributed by atoms with Crippen LogP contribution in [0.1, 0.15) is 10.4 Å². The second-order valence-corrected chi connectivity index (χ2v) is 5.31. The summed E-state index contributed by atoms with van der Waals surface area (Å²) in [6.07, 6.45) is 1.49. The van der Waals surface area contributed by atoms with E-state index in [9.17, 15) is 4.79 Å². The molecule has 1 heterocycles. The number of nitrogens with one attached hydrogen (secondary N) is 1. The van der Waals surface area contributed by atoms with E-state index in [1.165, 1.54) is 6.33 Å². The van der Waals surface area contributed by atoms with Crippen molar-refractivity contribution >= 4 is 44.3 Å². The van der Waals surface area contributed by atoms with Crippen molar-refractivity contribution in [3.05, 3.63) is 58.8 Å². The van der Waals surface area contributed by atoms with Crippen LogP contribution in [0.15, 0.2) is 53.3 Å². The van der Waals surface area contributed by atoms with E-state index in [1.807, 2.05) is 18.2 Å². The van der Waals surface area contributed by atoms with Gasteiger partial charge < -0.3 is 10.4 Å². The first-order valence-electron chi connectivity index (χ1n) is 6.14. The van der Waals surface area contributed by atoms with Crippen LogP contribution in [0.4, 0.5) is 11.5 Å². The molecule has 0 atom stereocenters. The van der Waals surface area contributed by atoms with E-state index in [-0.39, 0.29) is 5.56 Å². The molecule has 1 aromatic heterocycles. The van der Waals surface area contributed by atoms with Crippen molar-refractivity contribution in [2.75, 3.05) is 5.32 Å². The van der Waals surface area contributed by atoms with E-state index in [2.05, 4.69) is 31.2 Å². The van der Waals surface area contributed by atoms with Gasteiger partial charge in [0.05, 0.1) is 11.1 Å². The minimum absolute atomic E-state index is 0.246. The first-order valence-corrected chi connectivity index (χ1v) is 6.93. The van der Waals surface area contributed by atoms with Crippen molar-refractivity contribution < 1.29 is 9.90 Å². The molecule has 21 heavy (non-hydrogen) atoms. The maximum atomic E-state index is 10.8. The number of hydrogen-bond acceptors (Lipinski definition) is 4. The Morgan fingerprint density at radius 1 is 1.10 bits per heavy atom. The zero-order chi connectivity index (χ0) is 14.8. The average molecular weight is 344 g/mol. The van der Waals surface area contributed by atoms with Gasteiger partial charge in [0.25, 0.3) is 0 Å². The highest BCUT2D eigenvalue weighted by molar-refractivity contribution is 9.10. The lowest BCUT2D eigenvalue weighted by atomic mass is 10.2.